The van der Waals surface area contributed by atoms with Crippen molar-refractivity contribution in [3.8, 4) is 0 Å². The third kappa shape index (κ3) is 1.61. The molecule has 2 aliphatic rings. The average Bonchev–Trinajstić information content (AvgIpc) is 2.63. The summed E-state index contributed by atoms with van der Waals surface area (Å²) in [5.41, 5.74) is 6.12. The van der Waals surface area contributed by atoms with E-state index in [9.17, 15) is 0 Å². The van der Waals surface area contributed by atoms with Crippen molar-refractivity contribution in [2.45, 2.75) is 50.2 Å². The lowest BCUT2D eigenvalue weighted by molar-refractivity contribution is 0.269. The molecule has 2 unspecified atom stereocenters. The Balaban J connectivity index is 1.89. The van der Waals surface area contributed by atoms with Crippen molar-refractivity contribution in [3.05, 3.63) is 12.3 Å². The topological polar surface area (TPSA) is 47.1 Å². The van der Waals surface area contributed by atoms with Crippen LogP contribution in [0.4, 0.5) is 5.82 Å². The molecule has 1 aromatic rings. The molecule has 16 heavy (non-hydrogen) atoms. The first-order valence-corrected chi connectivity index (χ1v) is 6.27. The Bertz CT molecular complexity index is 359. The lowest BCUT2D eigenvalue weighted by Gasteiger charge is -2.48. The summed E-state index contributed by atoms with van der Waals surface area (Å²) in [6.45, 7) is 0. The average molecular weight is 220 g/mol. The molecule has 2 saturated heterocycles. The maximum absolute atomic E-state index is 6.12. The van der Waals surface area contributed by atoms with Crippen molar-refractivity contribution in [2.75, 3.05) is 4.90 Å². The smallest absolute Gasteiger partial charge is 0.151 e. The van der Waals surface area contributed by atoms with E-state index in [1.165, 1.54) is 19.3 Å². The van der Waals surface area contributed by atoms with Crippen molar-refractivity contribution in [2.24, 2.45) is 12.8 Å². The van der Waals surface area contributed by atoms with Crippen LogP contribution >= 0.6 is 0 Å². The summed E-state index contributed by atoms with van der Waals surface area (Å²) in [5, 5.41) is 4.54. The second-order valence-electron chi connectivity index (χ2n) is 5.22. The first-order valence-electron chi connectivity index (χ1n) is 6.27. The summed E-state index contributed by atoms with van der Waals surface area (Å²) in [5.74, 6) is 1.14. The van der Waals surface area contributed by atoms with Crippen molar-refractivity contribution >= 4 is 5.82 Å². The molecule has 0 spiro atoms. The zero-order chi connectivity index (χ0) is 11.1. The number of rotatable bonds is 1. The van der Waals surface area contributed by atoms with Crippen LogP contribution in [-0.2, 0) is 7.05 Å². The summed E-state index contributed by atoms with van der Waals surface area (Å²) in [7, 11) is 1.98. The quantitative estimate of drug-likeness (QED) is 0.775. The van der Waals surface area contributed by atoms with Gasteiger partial charge in [0.2, 0.25) is 0 Å². The molecule has 4 nitrogen and oxygen atoms in total. The van der Waals surface area contributed by atoms with Crippen molar-refractivity contribution in [3.63, 3.8) is 0 Å². The van der Waals surface area contributed by atoms with Gasteiger partial charge in [-0.15, -0.1) is 0 Å². The zero-order valence-corrected chi connectivity index (χ0v) is 9.84. The minimum Gasteiger partial charge on any atom is -0.349 e. The third-order valence-electron chi connectivity index (χ3n) is 3.98. The molecule has 2 fully saturated rings. The zero-order valence-electron chi connectivity index (χ0n) is 9.84. The van der Waals surface area contributed by atoms with E-state index >= 15 is 0 Å². The van der Waals surface area contributed by atoms with Gasteiger partial charge in [0.05, 0.1) is 0 Å². The van der Waals surface area contributed by atoms with Gasteiger partial charge < -0.3 is 10.6 Å². The van der Waals surface area contributed by atoms with Crippen LogP contribution in [0.2, 0.25) is 0 Å². The van der Waals surface area contributed by atoms with Gasteiger partial charge in [-0.3, -0.25) is 4.68 Å². The van der Waals surface area contributed by atoms with Crippen molar-refractivity contribution in [1.29, 1.82) is 0 Å². The standard InChI is InChI=1S/C12H20N4/c1-15-6-5-12(14-15)16-10-3-2-4-11(16)8-9(13)7-10/h5-6,9-11H,2-4,7-8,13H2,1H3. The lowest BCUT2D eigenvalue weighted by atomic mass is 9.82. The Labute approximate surface area is 96.4 Å². The molecule has 2 atom stereocenters. The van der Waals surface area contributed by atoms with Crippen LogP contribution in [0.15, 0.2) is 12.3 Å². The molecule has 88 valence electrons. The molecule has 3 rings (SSSR count). The Hall–Kier alpha value is -1.03. The molecule has 0 aromatic carbocycles. The van der Waals surface area contributed by atoms with E-state index in [0.29, 0.717) is 18.1 Å². The highest BCUT2D eigenvalue weighted by Gasteiger charge is 2.37. The lowest BCUT2D eigenvalue weighted by Crippen LogP contribution is -2.55. The highest BCUT2D eigenvalue weighted by atomic mass is 15.4. The fraction of sp³-hybridized carbons (Fsp3) is 0.750. The number of anilines is 1. The van der Waals surface area contributed by atoms with Crippen molar-refractivity contribution in [1.82, 2.24) is 9.78 Å². The number of piperidine rings is 2. The molecule has 0 saturated carbocycles. The summed E-state index contributed by atoms with van der Waals surface area (Å²) < 4.78 is 1.89. The fourth-order valence-corrected chi connectivity index (χ4v) is 3.34. The van der Waals surface area contributed by atoms with Crippen LogP contribution in [-0.4, -0.2) is 27.9 Å². The molecule has 1 aromatic heterocycles. The van der Waals surface area contributed by atoms with Crippen LogP contribution < -0.4 is 10.6 Å². The Morgan fingerprint density at radius 3 is 2.56 bits per heavy atom. The molecular formula is C12H20N4. The number of aryl methyl sites for hydroxylation is 1. The highest BCUT2D eigenvalue weighted by Crippen LogP contribution is 2.36. The summed E-state index contributed by atoms with van der Waals surface area (Å²) >= 11 is 0. The maximum Gasteiger partial charge on any atom is 0.151 e. The summed E-state index contributed by atoms with van der Waals surface area (Å²) in [6.07, 6.45) is 8.20. The number of aromatic nitrogens is 2. The van der Waals surface area contributed by atoms with Crippen LogP contribution in [0.3, 0.4) is 0 Å². The van der Waals surface area contributed by atoms with E-state index in [0.717, 1.165) is 18.7 Å². The Morgan fingerprint density at radius 2 is 2.00 bits per heavy atom. The molecule has 0 aliphatic carbocycles. The van der Waals surface area contributed by atoms with Crippen LogP contribution in [0.25, 0.3) is 0 Å². The van der Waals surface area contributed by atoms with Gasteiger partial charge in [-0.05, 0) is 32.1 Å². The normalized spacial score (nSPS) is 34.1. The largest absolute Gasteiger partial charge is 0.349 e. The molecule has 0 radical (unpaired) electrons. The van der Waals surface area contributed by atoms with Crippen LogP contribution in [0.1, 0.15) is 32.1 Å². The highest BCUT2D eigenvalue weighted by molar-refractivity contribution is 5.42. The van der Waals surface area contributed by atoms with E-state index < -0.39 is 0 Å². The molecule has 2 N–H and O–H groups in total. The molecule has 2 aliphatic heterocycles. The van der Waals surface area contributed by atoms with Crippen LogP contribution in [0.5, 0.6) is 0 Å². The summed E-state index contributed by atoms with van der Waals surface area (Å²) in [6, 6.07) is 3.77. The predicted molar refractivity (Wildman–Crippen MR) is 64.3 cm³/mol. The van der Waals surface area contributed by atoms with Gasteiger partial charge >= 0.3 is 0 Å². The predicted octanol–water partition coefficient (Wildman–Crippen LogP) is 1.27. The number of nitrogens with two attached hydrogens (primary N) is 1. The van der Waals surface area contributed by atoms with Gasteiger partial charge in [0.25, 0.3) is 0 Å². The van der Waals surface area contributed by atoms with Crippen molar-refractivity contribution < 1.29 is 0 Å². The van der Waals surface area contributed by atoms with Gasteiger partial charge in [0.15, 0.2) is 5.82 Å². The second kappa shape index (κ2) is 3.77. The first kappa shape index (κ1) is 10.1. The van der Waals surface area contributed by atoms with E-state index in [2.05, 4.69) is 16.1 Å². The number of fused-ring (bicyclic) bond motifs is 2. The monoisotopic (exact) mass is 220 g/mol. The van der Waals surface area contributed by atoms with E-state index in [4.69, 9.17) is 5.73 Å². The maximum atomic E-state index is 6.12. The van der Waals surface area contributed by atoms with Gasteiger partial charge in [-0.1, -0.05) is 0 Å². The van der Waals surface area contributed by atoms with E-state index in [1.807, 2.05) is 17.9 Å². The minimum absolute atomic E-state index is 0.398. The van der Waals surface area contributed by atoms with Crippen LogP contribution in [0, 0.1) is 0 Å². The van der Waals surface area contributed by atoms with E-state index in [-0.39, 0.29) is 0 Å². The fourth-order valence-electron chi connectivity index (χ4n) is 3.34. The molecule has 2 bridgehead atoms. The SMILES string of the molecule is Cn1ccc(N2C3CCCC2CC(N)C3)n1. The molecule has 0 amide bonds. The third-order valence-corrected chi connectivity index (χ3v) is 3.98. The number of hydrogen-bond acceptors (Lipinski definition) is 3. The Kier molecular flexibility index (Phi) is 2.39. The Morgan fingerprint density at radius 1 is 1.31 bits per heavy atom. The minimum atomic E-state index is 0.398. The first-order chi connectivity index (χ1) is 7.74. The van der Waals surface area contributed by atoms with Gasteiger partial charge in [0.1, 0.15) is 0 Å². The second-order valence-corrected chi connectivity index (χ2v) is 5.22. The van der Waals surface area contributed by atoms with Gasteiger partial charge in [0, 0.05) is 37.4 Å². The van der Waals surface area contributed by atoms with E-state index in [1.54, 1.807) is 0 Å². The molecule has 3 heterocycles. The number of hydrogen-bond donors (Lipinski definition) is 1. The molecule has 4 heteroatoms. The molecular weight excluding hydrogens is 200 g/mol. The van der Waals surface area contributed by atoms with Gasteiger partial charge in [-0.2, -0.15) is 5.10 Å². The number of nitrogens with zero attached hydrogens (tertiary/aromatic N) is 3. The van der Waals surface area contributed by atoms with Gasteiger partial charge in [-0.25, -0.2) is 0 Å². The summed E-state index contributed by atoms with van der Waals surface area (Å²) in [4.78, 5) is 2.52.